The first-order valence-corrected chi connectivity index (χ1v) is 13.5. The molecular formula is C29H45BN2O7. The van der Waals surface area contributed by atoms with Gasteiger partial charge in [-0.15, -0.1) is 0 Å². The molecule has 0 heterocycles. The number of rotatable bonds is 18. The largest absolute Gasteiger partial charge is 0.463 e. The van der Waals surface area contributed by atoms with E-state index in [1.54, 1.807) is 20.9 Å². The second-order valence-corrected chi connectivity index (χ2v) is 9.93. The molecule has 10 heteroatoms. The minimum absolute atomic E-state index is 0.0576. The average molecular weight is 544 g/mol. The molecule has 0 amide bonds. The molecule has 0 saturated carbocycles. The number of hydrogen-bond acceptors (Lipinski definition) is 9. The van der Waals surface area contributed by atoms with Crippen molar-refractivity contribution in [2.45, 2.75) is 85.3 Å². The molecule has 0 bridgehead atoms. The number of allylic oxidation sites excluding steroid dienone is 4. The summed E-state index contributed by atoms with van der Waals surface area (Å²) in [6.45, 7) is 13.2. The van der Waals surface area contributed by atoms with Gasteiger partial charge in [-0.2, -0.15) is 0 Å². The molecular weight excluding hydrogens is 499 g/mol. The first kappa shape index (κ1) is 33.8. The molecule has 1 aliphatic carbocycles. The van der Waals surface area contributed by atoms with E-state index in [9.17, 15) is 14.4 Å². The minimum atomic E-state index is -0.885. The van der Waals surface area contributed by atoms with Gasteiger partial charge in [-0.05, 0) is 71.2 Å². The lowest BCUT2D eigenvalue weighted by Gasteiger charge is -2.24. The van der Waals surface area contributed by atoms with E-state index in [0.29, 0.717) is 17.9 Å². The van der Waals surface area contributed by atoms with Gasteiger partial charge in [-0.25, -0.2) is 4.79 Å². The summed E-state index contributed by atoms with van der Waals surface area (Å²) in [5, 5.41) is 5.60. The van der Waals surface area contributed by atoms with Crippen molar-refractivity contribution in [3.05, 3.63) is 59.2 Å². The van der Waals surface area contributed by atoms with E-state index >= 15 is 0 Å². The van der Waals surface area contributed by atoms with Crippen LogP contribution in [0.1, 0.15) is 79.6 Å². The van der Waals surface area contributed by atoms with Crippen LogP contribution in [0.5, 0.6) is 0 Å². The maximum Gasteiger partial charge on any atom is 0.368 e. The smallest absolute Gasteiger partial charge is 0.368 e. The second kappa shape index (κ2) is 18.1. The predicted molar refractivity (Wildman–Crippen MR) is 154 cm³/mol. The van der Waals surface area contributed by atoms with Crippen LogP contribution in [0, 0.1) is 0 Å². The molecule has 39 heavy (non-hydrogen) atoms. The maximum absolute atomic E-state index is 13.0. The van der Waals surface area contributed by atoms with E-state index in [0.717, 1.165) is 43.3 Å². The molecule has 1 aliphatic rings. The number of carbonyl (C=O) groups excluding carboxylic acids is 3. The van der Waals surface area contributed by atoms with Crippen LogP contribution in [0.3, 0.4) is 0 Å². The highest BCUT2D eigenvalue weighted by Gasteiger charge is 2.23. The van der Waals surface area contributed by atoms with E-state index in [2.05, 4.69) is 24.0 Å². The summed E-state index contributed by atoms with van der Waals surface area (Å²) >= 11 is 0. The second-order valence-electron chi connectivity index (χ2n) is 9.93. The Morgan fingerprint density at radius 3 is 2.51 bits per heavy atom. The molecule has 0 unspecified atom stereocenters. The molecule has 1 rings (SSSR count). The fourth-order valence-electron chi connectivity index (χ4n) is 3.23. The standard InChI is InChI=1S/C29H45BN2O7/c1-8-9-11-14-22(4)38-25(21(2)3)20-37-27(34)24(32-30-28(35)39-29(5,6)31-7)17-18-26(33)36-19-23-15-12-10-13-16-23/h12,15-17,30-32H,4,8-11,13-14,18-20H2,1-3,5-7H3/b24-17+. The molecule has 0 radical (unpaired) electrons. The lowest BCUT2D eigenvalue weighted by molar-refractivity contribution is -0.141. The highest BCUT2D eigenvalue weighted by atomic mass is 16.6. The van der Waals surface area contributed by atoms with Crippen molar-refractivity contribution in [2.75, 3.05) is 20.3 Å². The Labute approximate surface area is 234 Å². The van der Waals surface area contributed by atoms with Gasteiger partial charge in [0.15, 0.2) is 5.72 Å². The Balaban J connectivity index is 2.83. The van der Waals surface area contributed by atoms with Crippen LogP contribution in [0.15, 0.2) is 59.2 Å². The molecule has 0 aromatic rings. The Kier molecular flexibility index (Phi) is 15.7. The van der Waals surface area contributed by atoms with Crippen LogP contribution in [0.4, 0.5) is 4.79 Å². The fourth-order valence-corrected chi connectivity index (χ4v) is 3.23. The number of carbonyl (C=O) groups is 3. The topological polar surface area (TPSA) is 112 Å². The van der Waals surface area contributed by atoms with Crippen LogP contribution in [-0.4, -0.2) is 51.2 Å². The lowest BCUT2D eigenvalue weighted by Crippen LogP contribution is -2.44. The molecule has 9 nitrogen and oxygen atoms in total. The highest BCUT2D eigenvalue weighted by Crippen LogP contribution is 2.16. The molecule has 0 aromatic carbocycles. The van der Waals surface area contributed by atoms with Gasteiger partial charge in [0.2, 0.25) is 0 Å². The van der Waals surface area contributed by atoms with Crippen LogP contribution in [-0.2, 0) is 28.5 Å². The van der Waals surface area contributed by atoms with Crippen molar-refractivity contribution >= 4 is 25.2 Å². The minimum Gasteiger partial charge on any atom is -0.463 e. The number of unbranched alkanes of at least 4 members (excludes halogenated alkanes) is 2. The van der Waals surface area contributed by atoms with Crippen molar-refractivity contribution in [1.82, 2.24) is 10.5 Å². The van der Waals surface area contributed by atoms with Crippen molar-refractivity contribution < 1.29 is 33.3 Å². The third-order valence-electron chi connectivity index (χ3n) is 5.78. The first-order chi connectivity index (χ1) is 18.5. The fraction of sp³-hybridized carbons (Fsp3) is 0.552. The number of hydrogen-bond donors (Lipinski definition) is 2. The van der Waals surface area contributed by atoms with Crippen LogP contribution >= 0.6 is 0 Å². The summed E-state index contributed by atoms with van der Waals surface area (Å²) in [5.41, 5.74) is 0.824. The zero-order chi connectivity index (χ0) is 29.3. The lowest BCUT2D eigenvalue weighted by atomic mass is 9.94. The molecule has 0 saturated heterocycles. The van der Waals surface area contributed by atoms with Crippen molar-refractivity contribution in [3.8, 4) is 0 Å². The predicted octanol–water partition coefficient (Wildman–Crippen LogP) is 5.06. The third-order valence-corrected chi connectivity index (χ3v) is 5.78. The number of esters is 2. The summed E-state index contributed by atoms with van der Waals surface area (Å²) in [5.74, 6) is -0.779. The van der Waals surface area contributed by atoms with Crippen LogP contribution in [0.2, 0.25) is 0 Å². The van der Waals surface area contributed by atoms with Crippen LogP contribution < -0.4 is 10.5 Å². The van der Waals surface area contributed by atoms with E-state index < -0.39 is 23.5 Å². The quantitative estimate of drug-likeness (QED) is 0.0465. The van der Waals surface area contributed by atoms with E-state index in [1.165, 1.54) is 6.08 Å². The van der Waals surface area contributed by atoms with Gasteiger partial charge in [0.25, 0.3) is 5.87 Å². The van der Waals surface area contributed by atoms with Gasteiger partial charge < -0.3 is 24.2 Å². The number of nitrogens with one attached hydrogen (secondary N) is 2. The Bertz CT molecular complexity index is 976. The average Bonchev–Trinajstić information content (AvgIpc) is 2.90. The summed E-state index contributed by atoms with van der Waals surface area (Å²) in [6, 6.07) is 0. The molecule has 0 fully saturated rings. The molecule has 0 spiro atoms. The third kappa shape index (κ3) is 15.0. The molecule has 0 aliphatic heterocycles. The summed E-state index contributed by atoms with van der Waals surface area (Å²) in [6.07, 6.45) is 12.9. The van der Waals surface area contributed by atoms with E-state index in [4.69, 9.17) is 18.9 Å². The summed E-state index contributed by atoms with van der Waals surface area (Å²) < 4.78 is 22.0. The van der Waals surface area contributed by atoms with Gasteiger partial charge >= 0.3 is 19.4 Å². The maximum atomic E-state index is 13.0. The normalized spacial score (nSPS) is 13.1. The molecule has 0 aromatic heterocycles. The highest BCUT2D eigenvalue weighted by molar-refractivity contribution is 6.70. The monoisotopic (exact) mass is 544 g/mol. The zero-order valence-corrected chi connectivity index (χ0v) is 24.4. The first-order valence-electron chi connectivity index (χ1n) is 13.5. The summed E-state index contributed by atoms with van der Waals surface area (Å²) in [7, 11) is 1.36. The zero-order valence-electron chi connectivity index (χ0n) is 24.4. The van der Waals surface area contributed by atoms with Gasteiger partial charge in [0, 0.05) is 6.42 Å². The van der Waals surface area contributed by atoms with Gasteiger partial charge in [-0.3, -0.25) is 14.9 Å². The Morgan fingerprint density at radius 2 is 1.90 bits per heavy atom. The van der Waals surface area contributed by atoms with Crippen LogP contribution in [0.25, 0.3) is 0 Å². The van der Waals surface area contributed by atoms with Gasteiger partial charge in [0.1, 0.15) is 24.7 Å². The Morgan fingerprint density at radius 1 is 1.15 bits per heavy atom. The molecule has 216 valence electrons. The van der Waals surface area contributed by atoms with E-state index in [1.807, 2.05) is 32.1 Å². The SMILES string of the molecule is C=C(CCCCC)OC(COC(=O)/C(=C\CC(=O)OCC1=CCCC=C1)NBC(=O)OC(C)(C)NC)=C(C)C. The van der Waals surface area contributed by atoms with Gasteiger partial charge in [-0.1, -0.05) is 44.6 Å². The molecule has 2 N–H and O–H groups in total. The van der Waals surface area contributed by atoms with Crippen molar-refractivity contribution in [1.29, 1.82) is 0 Å². The van der Waals surface area contributed by atoms with Crippen molar-refractivity contribution in [2.24, 2.45) is 0 Å². The Hall–Kier alpha value is -3.27. The summed E-state index contributed by atoms with van der Waals surface area (Å²) in [4.78, 5) is 37.6. The van der Waals surface area contributed by atoms with Crippen molar-refractivity contribution in [3.63, 3.8) is 0 Å². The van der Waals surface area contributed by atoms with E-state index in [-0.39, 0.29) is 32.7 Å². The van der Waals surface area contributed by atoms with Gasteiger partial charge in [0.05, 0.1) is 12.2 Å². The number of ether oxygens (including phenoxy) is 4. The molecule has 0 atom stereocenters.